The summed E-state index contributed by atoms with van der Waals surface area (Å²) in [5.41, 5.74) is -0.583. The number of nitrogens with zero attached hydrogens (tertiary/aromatic N) is 2. The predicted molar refractivity (Wildman–Crippen MR) is 71.0 cm³/mol. The van der Waals surface area contributed by atoms with Crippen LogP contribution in [0.25, 0.3) is 0 Å². The Bertz CT molecular complexity index is 611. The van der Waals surface area contributed by atoms with E-state index in [2.05, 4.69) is 6.07 Å². The van der Waals surface area contributed by atoms with Gasteiger partial charge in [-0.05, 0) is 12.1 Å². The van der Waals surface area contributed by atoms with E-state index in [1.54, 1.807) is 24.3 Å². The summed E-state index contributed by atoms with van der Waals surface area (Å²) in [5.74, 6) is 0.572. The van der Waals surface area contributed by atoms with E-state index in [-0.39, 0.29) is 6.42 Å². The van der Waals surface area contributed by atoms with E-state index < -0.39 is 5.60 Å². The molecule has 0 fully saturated rings. The van der Waals surface area contributed by atoms with Crippen LogP contribution < -0.4 is 4.74 Å². The number of nitriles is 2. The van der Waals surface area contributed by atoms with Gasteiger partial charge in [0.15, 0.2) is 0 Å². The van der Waals surface area contributed by atoms with Gasteiger partial charge in [0.05, 0.1) is 12.5 Å². The van der Waals surface area contributed by atoms with Crippen LogP contribution in [0.2, 0.25) is 0 Å². The fourth-order valence-electron chi connectivity index (χ4n) is 1.83. The van der Waals surface area contributed by atoms with Crippen LogP contribution in [0.15, 0.2) is 60.7 Å². The van der Waals surface area contributed by atoms with E-state index >= 15 is 0 Å². The Morgan fingerprint density at radius 3 is 2.00 bits per heavy atom. The van der Waals surface area contributed by atoms with Crippen LogP contribution >= 0.6 is 0 Å². The normalized spacial score (nSPS) is 12.7. The lowest BCUT2D eigenvalue weighted by Gasteiger charge is -2.25. The highest BCUT2D eigenvalue weighted by molar-refractivity contribution is 5.34. The second-order valence-corrected chi connectivity index (χ2v) is 4.05. The molecule has 0 aliphatic heterocycles. The van der Waals surface area contributed by atoms with Gasteiger partial charge in [0.1, 0.15) is 11.8 Å². The number of rotatable bonds is 4. The summed E-state index contributed by atoms with van der Waals surface area (Å²) >= 11 is 0. The van der Waals surface area contributed by atoms with Gasteiger partial charge in [0, 0.05) is 5.56 Å². The highest BCUT2D eigenvalue weighted by Crippen LogP contribution is 2.30. The maximum atomic E-state index is 9.50. The Hall–Kier alpha value is -2.78. The van der Waals surface area contributed by atoms with E-state index in [4.69, 9.17) is 10.00 Å². The van der Waals surface area contributed by atoms with Gasteiger partial charge in [-0.2, -0.15) is 10.5 Å². The molecule has 1 unspecified atom stereocenters. The van der Waals surface area contributed by atoms with Crippen molar-refractivity contribution in [1.29, 1.82) is 10.5 Å². The summed E-state index contributed by atoms with van der Waals surface area (Å²) in [6.45, 7) is 0. The predicted octanol–water partition coefficient (Wildman–Crippen LogP) is 3.40. The van der Waals surface area contributed by atoms with Gasteiger partial charge in [-0.3, -0.25) is 0 Å². The van der Waals surface area contributed by atoms with Crippen LogP contribution in [0.1, 0.15) is 12.0 Å². The van der Waals surface area contributed by atoms with Crippen molar-refractivity contribution in [3.05, 3.63) is 66.2 Å². The van der Waals surface area contributed by atoms with E-state index in [1.165, 1.54) is 0 Å². The Labute approximate surface area is 112 Å². The molecule has 0 aliphatic carbocycles. The minimum Gasteiger partial charge on any atom is -0.467 e. The number of ether oxygens (including phenoxy) is 1. The molecule has 0 heterocycles. The number of para-hydroxylation sites is 1. The molecule has 0 aliphatic rings. The van der Waals surface area contributed by atoms with E-state index in [1.807, 2.05) is 42.5 Å². The molecule has 0 aromatic heterocycles. The smallest absolute Gasteiger partial charge is 0.232 e. The van der Waals surface area contributed by atoms with Crippen molar-refractivity contribution in [1.82, 2.24) is 0 Å². The molecule has 0 N–H and O–H groups in total. The average Bonchev–Trinajstić information content (AvgIpc) is 2.49. The fourth-order valence-corrected chi connectivity index (χ4v) is 1.83. The molecule has 0 amide bonds. The molecule has 3 nitrogen and oxygen atoms in total. The highest BCUT2D eigenvalue weighted by Gasteiger charge is 2.34. The van der Waals surface area contributed by atoms with Gasteiger partial charge in [0.2, 0.25) is 5.60 Å². The molecule has 0 saturated carbocycles. The van der Waals surface area contributed by atoms with Gasteiger partial charge in [0.25, 0.3) is 0 Å². The Balaban J connectivity index is 2.42. The Morgan fingerprint density at radius 1 is 0.895 bits per heavy atom. The third-order valence-electron chi connectivity index (χ3n) is 2.78. The highest BCUT2D eigenvalue weighted by atomic mass is 16.5. The first kappa shape index (κ1) is 12.7. The fraction of sp³-hybridized carbons (Fsp3) is 0.125. The topological polar surface area (TPSA) is 56.8 Å². The molecule has 2 rings (SSSR count). The number of benzene rings is 2. The van der Waals surface area contributed by atoms with Crippen molar-refractivity contribution in [2.75, 3.05) is 0 Å². The zero-order valence-corrected chi connectivity index (χ0v) is 10.3. The summed E-state index contributed by atoms with van der Waals surface area (Å²) in [7, 11) is 0. The van der Waals surface area contributed by atoms with E-state index in [0.29, 0.717) is 11.3 Å². The van der Waals surface area contributed by atoms with Gasteiger partial charge in [-0.25, -0.2) is 0 Å². The zero-order valence-electron chi connectivity index (χ0n) is 10.3. The summed E-state index contributed by atoms with van der Waals surface area (Å²) in [6, 6.07) is 22.3. The van der Waals surface area contributed by atoms with Crippen LogP contribution in [0.3, 0.4) is 0 Å². The van der Waals surface area contributed by atoms with E-state index in [9.17, 15) is 5.26 Å². The standard InChI is InChI=1S/C16H12N2O/c17-12-11-16(13-18,14-7-3-1-4-8-14)19-15-9-5-2-6-10-15/h1-10H,11H2. The molecular weight excluding hydrogens is 236 g/mol. The molecule has 2 aromatic carbocycles. The lowest BCUT2D eigenvalue weighted by Crippen LogP contribution is -2.31. The monoisotopic (exact) mass is 248 g/mol. The summed E-state index contributed by atoms with van der Waals surface area (Å²) in [6.07, 6.45) is -0.0254. The van der Waals surface area contributed by atoms with Crippen molar-refractivity contribution >= 4 is 0 Å². The van der Waals surface area contributed by atoms with Gasteiger partial charge in [-0.15, -0.1) is 0 Å². The largest absolute Gasteiger partial charge is 0.467 e. The molecule has 1 atom stereocenters. The summed E-state index contributed by atoms with van der Waals surface area (Å²) in [4.78, 5) is 0. The quantitative estimate of drug-likeness (QED) is 0.833. The zero-order chi connectivity index (χ0) is 13.6. The molecule has 19 heavy (non-hydrogen) atoms. The SMILES string of the molecule is N#CCC(C#N)(Oc1ccccc1)c1ccccc1. The first-order chi connectivity index (χ1) is 9.30. The van der Waals surface area contributed by atoms with Crippen LogP contribution in [-0.2, 0) is 5.60 Å². The van der Waals surface area contributed by atoms with Crippen LogP contribution in [0, 0.1) is 22.7 Å². The van der Waals surface area contributed by atoms with Gasteiger partial charge in [-0.1, -0.05) is 48.5 Å². The van der Waals surface area contributed by atoms with Gasteiger partial charge >= 0.3 is 0 Å². The maximum Gasteiger partial charge on any atom is 0.232 e. The van der Waals surface area contributed by atoms with Crippen molar-refractivity contribution in [3.63, 3.8) is 0 Å². The molecule has 2 aromatic rings. The minimum absolute atomic E-state index is 0.0254. The number of hydrogen-bond acceptors (Lipinski definition) is 3. The average molecular weight is 248 g/mol. The van der Waals surface area contributed by atoms with Crippen molar-refractivity contribution in [2.24, 2.45) is 0 Å². The lowest BCUT2D eigenvalue weighted by atomic mass is 9.92. The molecule has 3 heteroatoms. The van der Waals surface area contributed by atoms with Crippen LogP contribution in [0.4, 0.5) is 0 Å². The summed E-state index contributed by atoms with van der Waals surface area (Å²) < 4.78 is 5.79. The van der Waals surface area contributed by atoms with Crippen molar-refractivity contribution in [2.45, 2.75) is 12.0 Å². The lowest BCUT2D eigenvalue weighted by molar-refractivity contribution is 0.133. The number of hydrogen-bond donors (Lipinski definition) is 0. The Kier molecular flexibility index (Phi) is 3.81. The molecule has 0 radical (unpaired) electrons. The maximum absolute atomic E-state index is 9.50. The second-order valence-electron chi connectivity index (χ2n) is 4.05. The van der Waals surface area contributed by atoms with Crippen LogP contribution in [-0.4, -0.2) is 0 Å². The Morgan fingerprint density at radius 2 is 1.47 bits per heavy atom. The van der Waals surface area contributed by atoms with Gasteiger partial charge < -0.3 is 4.74 Å². The van der Waals surface area contributed by atoms with Crippen molar-refractivity contribution in [3.8, 4) is 17.9 Å². The molecule has 92 valence electrons. The molecule has 0 saturated heterocycles. The van der Waals surface area contributed by atoms with Crippen molar-refractivity contribution < 1.29 is 4.74 Å². The third kappa shape index (κ3) is 2.73. The molecule has 0 spiro atoms. The third-order valence-corrected chi connectivity index (χ3v) is 2.78. The van der Waals surface area contributed by atoms with Crippen LogP contribution in [0.5, 0.6) is 5.75 Å². The van der Waals surface area contributed by atoms with E-state index in [0.717, 1.165) is 0 Å². The molecule has 0 bridgehead atoms. The first-order valence-electron chi connectivity index (χ1n) is 5.88. The first-order valence-corrected chi connectivity index (χ1v) is 5.88. The minimum atomic E-state index is -1.27. The summed E-state index contributed by atoms with van der Waals surface area (Å²) in [5, 5.41) is 18.5. The second kappa shape index (κ2) is 5.71. The molecular formula is C16H12N2O.